The zero-order valence-electron chi connectivity index (χ0n) is 23.1. The molecule has 3 aliphatic rings. The Kier molecular flexibility index (Phi) is 8.05. The van der Waals surface area contributed by atoms with Gasteiger partial charge in [-0.15, -0.1) is 0 Å². The molecule has 2 saturated heterocycles. The molecule has 2 heterocycles. The van der Waals surface area contributed by atoms with E-state index in [0.717, 1.165) is 62.7 Å². The molecule has 7 heteroatoms. The zero-order chi connectivity index (χ0) is 26.8. The van der Waals surface area contributed by atoms with Gasteiger partial charge in [0.05, 0.1) is 12.1 Å². The molecular formula is C31H42N4O3. The normalized spacial score (nSPS) is 25.9. The number of carbonyl (C=O) groups is 2. The van der Waals surface area contributed by atoms with Gasteiger partial charge in [0.1, 0.15) is 0 Å². The van der Waals surface area contributed by atoms with E-state index in [4.69, 9.17) is 0 Å². The number of likely N-dealkylation sites (tertiary alicyclic amines) is 2. The first-order valence-electron chi connectivity index (χ1n) is 14.2. The van der Waals surface area contributed by atoms with Crippen LogP contribution in [-0.4, -0.2) is 101 Å². The number of rotatable bonds is 5. The predicted octanol–water partition coefficient (Wildman–Crippen LogP) is 4.24. The van der Waals surface area contributed by atoms with Gasteiger partial charge >= 0.3 is 6.03 Å². The second-order valence-electron chi connectivity index (χ2n) is 11.5. The fourth-order valence-corrected chi connectivity index (χ4v) is 6.37. The number of nitrogens with zero attached hydrogens (tertiary/aromatic N) is 4. The fourth-order valence-electron chi connectivity index (χ4n) is 6.37. The van der Waals surface area contributed by atoms with E-state index in [1.807, 2.05) is 53.1 Å². The van der Waals surface area contributed by atoms with Crippen LogP contribution in [-0.2, 0) is 0 Å². The molecule has 7 nitrogen and oxygen atoms in total. The van der Waals surface area contributed by atoms with Gasteiger partial charge in [-0.2, -0.15) is 0 Å². The van der Waals surface area contributed by atoms with Crippen molar-refractivity contribution in [1.29, 1.82) is 0 Å². The molecule has 1 saturated carbocycles. The summed E-state index contributed by atoms with van der Waals surface area (Å²) in [5, 5.41) is 9.82. The molecule has 0 radical (unpaired) electrons. The molecule has 38 heavy (non-hydrogen) atoms. The number of aryl methyl sites for hydroxylation is 1. The van der Waals surface area contributed by atoms with Crippen LogP contribution in [0.3, 0.4) is 0 Å². The van der Waals surface area contributed by atoms with E-state index in [2.05, 4.69) is 36.1 Å². The SMILES string of the molecule is Cc1ccc(-c2ccc(C(=O)N(C)[C@H]3CCN(C(=O)N(C)C4CCN(C5CCC(O)CC5)C4)C3)cc2)cc1. The molecule has 0 spiro atoms. The van der Waals surface area contributed by atoms with Crippen molar-refractivity contribution in [1.82, 2.24) is 19.6 Å². The molecule has 2 aromatic rings. The van der Waals surface area contributed by atoms with Gasteiger partial charge in [-0.1, -0.05) is 42.0 Å². The minimum absolute atomic E-state index is 0.00264. The van der Waals surface area contributed by atoms with E-state index in [1.54, 1.807) is 0 Å². The number of amides is 3. The summed E-state index contributed by atoms with van der Waals surface area (Å²) in [6, 6.07) is 17.1. The molecule has 1 unspecified atom stereocenters. The van der Waals surface area contributed by atoms with Crippen LogP contribution in [0.5, 0.6) is 0 Å². The highest BCUT2D eigenvalue weighted by molar-refractivity contribution is 5.95. The van der Waals surface area contributed by atoms with Gasteiger partial charge in [0.2, 0.25) is 0 Å². The number of carbonyl (C=O) groups excluding carboxylic acids is 2. The van der Waals surface area contributed by atoms with Gasteiger partial charge in [0.25, 0.3) is 5.91 Å². The third-order valence-electron chi connectivity index (χ3n) is 9.05. The lowest BCUT2D eigenvalue weighted by molar-refractivity contribution is 0.0731. The van der Waals surface area contributed by atoms with Crippen molar-refractivity contribution in [2.24, 2.45) is 0 Å². The van der Waals surface area contributed by atoms with Gasteiger partial charge < -0.3 is 19.8 Å². The van der Waals surface area contributed by atoms with Crippen molar-refractivity contribution >= 4 is 11.9 Å². The van der Waals surface area contributed by atoms with Crippen molar-refractivity contribution < 1.29 is 14.7 Å². The predicted molar refractivity (Wildman–Crippen MR) is 150 cm³/mol. The van der Waals surface area contributed by atoms with E-state index in [0.29, 0.717) is 24.7 Å². The van der Waals surface area contributed by atoms with E-state index in [9.17, 15) is 14.7 Å². The standard InChI is InChI=1S/C31H42N4O3/c1-22-4-6-23(7-5-22)24-8-10-25(11-9-24)30(37)32(2)27-17-19-35(21-27)31(38)33(3)28-16-18-34(20-28)26-12-14-29(36)15-13-26/h4-11,26-29,36H,12-21H2,1-3H3/t26?,27-,28?,29?/m0/s1. The minimum Gasteiger partial charge on any atom is -0.393 e. The molecule has 0 bridgehead atoms. The molecule has 2 atom stereocenters. The number of aliphatic hydroxyl groups excluding tert-OH is 1. The Morgan fingerprint density at radius 2 is 1.34 bits per heavy atom. The minimum atomic E-state index is -0.139. The van der Waals surface area contributed by atoms with Crippen molar-refractivity contribution in [2.45, 2.75) is 69.7 Å². The molecule has 2 aromatic carbocycles. The van der Waals surface area contributed by atoms with Gasteiger partial charge in [-0.25, -0.2) is 4.79 Å². The van der Waals surface area contributed by atoms with Crippen LogP contribution >= 0.6 is 0 Å². The molecule has 0 aromatic heterocycles. The smallest absolute Gasteiger partial charge is 0.320 e. The molecule has 5 rings (SSSR count). The summed E-state index contributed by atoms with van der Waals surface area (Å²) in [6.45, 7) is 5.26. The maximum atomic E-state index is 13.4. The Morgan fingerprint density at radius 1 is 0.763 bits per heavy atom. The molecule has 1 N–H and O–H groups in total. The molecule has 3 amide bonds. The van der Waals surface area contributed by atoms with E-state index in [1.165, 1.54) is 5.56 Å². The molecule has 3 fully saturated rings. The Bertz CT molecular complexity index is 1110. The lowest BCUT2D eigenvalue weighted by atomic mass is 9.92. The van der Waals surface area contributed by atoms with Gasteiger partial charge in [0, 0.05) is 57.9 Å². The van der Waals surface area contributed by atoms with Gasteiger partial charge in [-0.05, 0) is 68.7 Å². The average Bonchev–Trinajstić information content (AvgIpc) is 3.63. The van der Waals surface area contributed by atoms with Crippen LogP contribution in [0.25, 0.3) is 11.1 Å². The second kappa shape index (κ2) is 11.5. The number of hydrogen-bond acceptors (Lipinski definition) is 4. The van der Waals surface area contributed by atoms with E-state index in [-0.39, 0.29) is 30.1 Å². The first-order chi connectivity index (χ1) is 18.3. The lowest BCUT2D eigenvalue weighted by Gasteiger charge is -2.34. The molecular weight excluding hydrogens is 476 g/mol. The monoisotopic (exact) mass is 518 g/mol. The Hall–Kier alpha value is -2.90. The number of likely N-dealkylation sites (N-methyl/N-ethyl adjacent to an activating group) is 2. The molecule has 204 valence electrons. The summed E-state index contributed by atoms with van der Waals surface area (Å²) < 4.78 is 0. The maximum absolute atomic E-state index is 13.4. The Labute approximate surface area is 227 Å². The van der Waals surface area contributed by atoms with Crippen LogP contribution in [0.4, 0.5) is 4.79 Å². The third kappa shape index (κ3) is 5.74. The highest BCUT2D eigenvalue weighted by Crippen LogP contribution is 2.28. The molecule has 1 aliphatic carbocycles. The first-order valence-corrected chi connectivity index (χ1v) is 14.2. The average molecular weight is 519 g/mol. The fraction of sp³-hybridized carbons (Fsp3) is 0.548. The lowest BCUT2D eigenvalue weighted by Crippen LogP contribution is -2.48. The maximum Gasteiger partial charge on any atom is 0.320 e. The highest BCUT2D eigenvalue weighted by Gasteiger charge is 2.37. The molecule has 2 aliphatic heterocycles. The summed E-state index contributed by atoms with van der Waals surface area (Å²) in [7, 11) is 3.79. The quantitative estimate of drug-likeness (QED) is 0.643. The number of benzene rings is 2. The van der Waals surface area contributed by atoms with Crippen LogP contribution in [0, 0.1) is 6.92 Å². The Balaban J connectivity index is 1.13. The van der Waals surface area contributed by atoms with Crippen LogP contribution in [0.2, 0.25) is 0 Å². The number of urea groups is 1. The highest BCUT2D eigenvalue weighted by atomic mass is 16.3. The van der Waals surface area contributed by atoms with E-state index >= 15 is 0 Å². The third-order valence-corrected chi connectivity index (χ3v) is 9.05. The largest absolute Gasteiger partial charge is 0.393 e. The van der Waals surface area contributed by atoms with Crippen molar-refractivity contribution in [2.75, 3.05) is 40.3 Å². The number of aliphatic hydroxyl groups is 1. The van der Waals surface area contributed by atoms with Crippen LogP contribution in [0.15, 0.2) is 48.5 Å². The van der Waals surface area contributed by atoms with Crippen molar-refractivity contribution in [3.05, 3.63) is 59.7 Å². The summed E-state index contributed by atoms with van der Waals surface area (Å²) in [5.74, 6) is -0.00264. The zero-order valence-corrected chi connectivity index (χ0v) is 23.1. The van der Waals surface area contributed by atoms with Gasteiger partial charge in [0.15, 0.2) is 0 Å². The second-order valence-corrected chi connectivity index (χ2v) is 11.5. The summed E-state index contributed by atoms with van der Waals surface area (Å²) >= 11 is 0. The summed E-state index contributed by atoms with van der Waals surface area (Å²) in [5.41, 5.74) is 4.13. The van der Waals surface area contributed by atoms with Gasteiger partial charge in [-0.3, -0.25) is 9.69 Å². The van der Waals surface area contributed by atoms with Crippen LogP contribution < -0.4 is 0 Å². The van der Waals surface area contributed by atoms with E-state index < -0.39 is 0 Å². The van der Waals surface area contributed by atoms with Crippen molar-refractivity contribution in [3.63, 3.8) is 0 Å². The summed E-state index contributed by atoms with van der Waals surface area (Å²) in [6.07, 6.45) is 5.53. The van der Waals surface area contributed by atoms with Crippen LogP contribution in [0.1, 0.15) is 54.4 Å². The Morgan fingerprint density at radius 3 is 2.00 bits per heavy atom. The van der Waals surface area contributed by atoms with Crippen molar-refractivity contribution in [3.8, 4) is 11.1 Å². The first kappa shape index (κ1) is 26.7. The number of hydrogen-bond donors (Lipinski definition) is 1. The summed E-state index contributed by atoms with van der Waals surface area (Å²) in [4.78, 5) is 34.8. The topological polar surface area (TPSA) is 67.3 Å².